The molecule has 164 valence electrons. The summed E-state index contributed by atoms with van der Waals surface area (Å²) in [5.74, 6) is -1.12. The third-order valence-electron chi connectivity index (χ3n) is 6.24. The number of ether oxygens (including phenoxy) is 1. The zero-order valence-corrected chi connectivity index (χ0v) is 18.3. The van der Waals surface area contributed by atoms with Crippen LogP contribution in [-0.2, 0) is 22.4 Å². The third kappa shape index (κ3) is 4.24. The summed E-state index contributed by atoms with van der Waals surface area (Å²) in [5, 5.41) is 9.75. The maximum absolute atomic E-state index is 12.8. The number of rotatable bonds is 7. The van der Waals surface area contributed by atoms with E-state index in [4.69, 9.17) is 4.74 Å². The molecule has 0 saturated heterocycles. The summed E-state index contributed by atoms with van der Waals surface area (Å²) in [6.45, 7) is 2.23. The van der Waals surface area contributed by atoms with E-state index in [-0.39, 0.29) is 18.9 Å². The van der Waals surface area contributed by atoms with Crippen LogP contribution < -0.4 is 0 Å². The lowest BCUT2D eigenvalue weighted by Crippen LogP contribution is -2.44. The Labute approximate surface area is 188 Å². The van der Waals surface area contributed by atoms with Crippen molar-refractivity contribution in [2.75, 3.05) is 13.7 Å². The van der Waals surface area contributed by atoms with Gasteiger partial charge >= 0.3 is 12.1 Å². The molecule has 1 atom stereocenters. The van der Waals surface area contributed by atoms with E-state index < -0.39 is 18.1 Å². The standard InChI is InChI=1S/C27H27NO4/c1-3-18-12-14-19(15-13-18)16-25(26(29)30)28(2)27(31)32-17-24-22-10-6-4-8-20(22)21-9-5-7-11-23(21)24/h4-15,24-25H,3,16-17H2,1-2H3,(H,29,30). The van der Waals surface area contributed by atoms with Crippen molar-refractivity contribution in [1.82, 2.24) is 4.90 Å². The lowest BCUT2D eigenvalue weighted by molar-refractivity contribution is -0.142. The Balaban J connectivity index is 1.46. The highest BCUT2D eigenvalue weighted by atomic mass is 16.6. The van der Waals surface area contributed by atoms with Crippen LogP contribution in [0.25, 0.3) is 11.1 Å². The molecule has 0 radical (unpaired) electrons. The molecule has 0 aromatic heterocycles. The van der Waals surface area contributed by atoms with Crippen molar-refractivity contribution in [1.29, 1.82) is 0 Å². The number of benzene rings is 3. The molecule has 0 spiro atoms. The smallest absolute Gasteiger partial charge is 0.410 e. The second-order valence-electron chi connectivity index (χ2n) is 8.14. The zero-order valence-electron chi connectivity index (χ0n) is 18.3. The van der Waals surface area contributed by atoms with Crippen LogP contribution >= 0.6 is 0 Å². The van der Waals surface area contributed by atoms with Gasteiger partial charge in [0.05, 0.1) is 0 Å². The van der Waals surface area contributed by atoms with Crippen molar-refractivity contribution >= 4 is 12.1 Å². The second kappa shape index (κ2) is 9.27. The van der Waals surface area contributed by atoms with E-state index in [0.29, 0.717) is 0 Å². The molecule has 1 aliphatic carbocycles. The molecule has 1 unspecified atom stereocenters. The van der Waals surface area contributed by atoms with Gasteiger partial charge in [0.2, 0.25) is 0 Å². The van der Waals surface area contributed by atoms with Crippen LogP contribution in [0.15, 0.2) is 72.8 Å². The van der Waals surface area contributed by atoms with Gasteiger partial charge in [-0.3, -0.25) is 4.90 Å². The van der Waals surface area contributed by atoms with E-state index in [0.717, 1.165) is 34.2 Å². The van der Waals surface area contributed by atoms with Gasteiger partial charge in [0.25, 0.3) is 0 Å². The van der Waals surface area contributed by atoms with Crippen molar-refractivity contribution in [3.63, 3.8) is 0 Å². The quantitative estimate of drug-likeness (QED) is 0.566. The first-order valence-electron chi connectivity index (χ1n) is 10.9. The summed E-state index contributed by atoms with van der Waals surface area (Å²) < 4.78 is 5.63. The van der Waals surface area contributed by atoms with Gasteiger partial charge in [0.15, 0.2) is 0 Å². The minimum atomic E-state index is -1.06. The molecular weight excluding hydrogens is 402 g/mol. The van der Waals surface area contributed by atoms with Gasteiger partial charge in [-0.25, -0.2) is 9.59 Å². The Morgan fingerprint density at radius 3 is 1.97 bits per heavy atom. The van der Waals surface area contributed by atoms with Crippen molar-refractivity contribution < 1.29 is 19.4 Å². The topological polar surface area (TPSA) is 66.8 Å². The lowest BCUT2D eigenvalue weighted by Gasteiger charge is -2.25. The highest BCUT2D eigenvalue weighted by Gasteiger charge is 2.32. The van der Waals surface area contributed by atoms with Crippen LogP contribution in [0.5, 0.6) is 0 Å². The van der Waals surface area contributed by atoms with E-state index in [1.54, 1.807) is 0 Å². The number of carbonyl (C=O) groups is 2. The number of likely N-dealkylation sites (N-methyl/N-ethyl adjacent to an activating group) is 1. The van der Waals surface area contributed by atoms with Gasteiger partial charge in [-0.1, -0.05) is 79.7 Å². The maximum atomic E-state index is 12.8. The molecule has 5 nitrogen and oxygen atoms in total. The van der Waals surface area contributed by atoms with E-state index in [1.165, 1.54) is 17.5 Å². The van der Waals surface area contributed by atoms with Gasteiger partial charge in [0.1, 0.15) is 12.6 Å². The summed E-state index contributed by atoms with van der Waals surface area (Å²) in [5.41, 5.74) is 6.59. The molecule has 0 bridgehead atoms. The Kier molecular flexibility index (Phi) is 6.26. The number of nitrogens with zero attached hydrogens (tertiary/aromatic N) is 1. The van der Waals surface area contributed by atoms with Crippen LogP contribution in [-0.4, -0.2) is 41.8 Å². The Morgan fingerprint density at radius 2 is 1.44 bits per heavy atom. The molecule has 4 rings (SSSR count). The highest BCUT2D eigenvalue weighted by molar-refractivity contribution is 5.81. The average Bonchev–Trinajstić information content (AvgIpc) is 3.14. The molecule has 3 aromatic carbocycles. The summed E-state index contributed by atoms with van der Waals surface area (Å²) in [7, 11) is 1.48. The minimum absolute atomic E-state index is 0.0652. The molecule has 0 saturated carbocycles. The Morgan fingerprint density at radius 1 is 0.906 bits per heavy atom. The van der Waals surface area contributed by atoms with Gasteiger partial charge in [-0.2, -0.15) is 0 Å². The minimum Gasteiger partial charge on any atom is -0.480 e. The number of fused-ring (bicyclic) bond motifs is 3. The number of aliphatic carboxylic acids is 1. The lowest BCUT2D eigenvalue weighted by atomic mass is 9.98. The van der Waals surface area contributed by atoms with Gasteiger partial charge < -0.3 is 9.84 Å². The van der Waals surface area contributed by atoms with Crippen molar-refractivity contribution in [2.45, 2.75) is 31.7 Å². The summed E-state index contributed by atoms with van der Waals surface area (Å²) >= 11 is 0. The number of hydrogen-bond donors (Lipinski definition) is 1. The van der Waals surface area contributed by atoms with Crippen molar-refractivity contribution in [2.24, 2.45) is 0 Å². The average molecular weight is 430 g/mol. The summed E-state index contributed by atoms with van der Waals surface area (Å²) in [4.78, 5) is 25.9. The molecule has 0 aliphatic heterocycles. The molecule has 0 fully saturated rings. The first kappa shape index (κ1) is 21.6. The fraction of sp³-hybridized carbons (Fsp3) is 0.259. The number of aryl methyl sites for hydroxylation is 1. The normalized spacial score (nSPS) is 13.2. The van der Waals surface area contributed by atoms with Crippen LogP contribution in [0.3, 0.4) is 0 Å². The first-order valence-corrected chi connectivity index (χ1v) is 10.9. The number of carboxylic acids is 1. The Bertz CT molecular complexity index is 1080. The van der Waals surface area contributed by atoms with Gasteiger partial charge in [0, 0.05) is 19.4 Å². The SMILES string of the molecule is CCc1ccc(CC(C(=O)O)N(C)C(=O)OCC2c3ccccc3-c3ccccc32)cc1. The molecule has 0 heterocycles. The van der Waals surface area contributed by atoms with Crippen molar-refractivity contribution in [3.05, 3.63) is 95.1 Å². The number of carboxylic acid groups (broad SMARTS) is 1. The second-order valence-corrected chi connectivity index (χ2v) is 8.14. The third-order valence-corrected chi connectivity index (χ3v) is 6.24. The number of hydrogen-bond acceptors (Lipinski definition) is 3. The molecular formula is C27H27NO4. The monoisotopic (exact) mass is 429 g/mol. The van der Waals surface area contributed by atoms with Crippen LogP contribution in [0.2, 0.25) is 0 Å². The van der Waals surface area contributed by atoms with Crippen molar-refractivity contribution in [3.8, 4) is 11.1 Å². The van der Waals surface area contributed by atoms with Crippen LogP contribution in [0.4, 0.5) is 4.79 Å². The number of amides is 1. The van der Waals surface area contributed by atoms with Gasteiger partial charge in [-0.15, -0.1) is 0 Å². The Hall–Kier alpha value is -3.60. The van der Waals surface area contributed by atoms with E-state index in [9.17, 15) is 14.7 Å². The van der Waals surface area contributed by atoms with E-state index in [2.05, 4.69) is 31.2 Å². The summed E-state index contributed by atoms with van der Waals surface area (Å²) in [6.07, 6.45) is 0.506. The molecule has 1 aliphatic rings. The molecule has 5 heteroatoms. The zero-order chi connectivity index (χ0) is 22.7. The fourth-order valence-corrected chi connectivity index (χ4v) is 4.35. The molecule has 3 aromatic rings. The summed E-state index contributed by atoms with van der Waals surface area (Å²) in [6, 6.07) is 23.0. The van der Waals surface area contributed by atoms with Crippen LogP contribution in [0, 0.1) is 0 Å². The fourth-order valence-electron chi connectivity index (χ4n) is 4.35. The number of carbonyl (C=O) groups excluding carboxylic acids is 1. The van der Waals surface area contributed by atoms with E-state index in [1.807, 2.05) is 48.5 Å². The van der Waals surface area contributed by atoms with Crippen LogP contribution in [0.1, 0.15) is 35.1 Å². The highest BCUT2D eigenvalue weighted by Crippen LogP contribution is 2.44. The largest absolute Gasteiger partial charge is 0.480 e. The van der Waals surface area contributed by atoms with Gasteiger partial charge in [-0.05, 0) is 39.8 Å². The predicted molar refractivity (Wildman–Crippen MR) is 124 cm³/mol. The molecule has 1 amide bonds. The van der Waals surface area contributed by atoms with E-state index >= 15 is 0 Å². The predicted octanol–water partition coefficient (Wildman–Crippen LogP) is 5.13. The molecule has 1 N–H and O–H groups in total. The maximum Gasteiger partial charge on any atom is 0.410 e. The molecule has 32 heavy (non-hydrogen) atoms. The first-order chi connectivity index (χ1) is 15.5.